The minimum absolute atomic E-state index is 0.0359. The number of methoxy groups -OCH3 is 2. The lowest BCUT2D eigenvalue weighted by Crippen LogP contribution is -2.43. The van der Waals surface area contributed by atoms with E-state index in [2.05, 4.69) is 10.3 Å². The van der Waals surface area contributed by atoms with Gasteiger partial charge in [-0.3, -0.25) is 0 Å². The molecule has 6 nitrogen and oxygen atoms in total. The molecular weight excluding hydrogens is 327 g/mol. The van der Waals surface area contributed by atoms with Crippen molar-refractivity contribution in [2.45, 2.75) is 12.2 Å². The Morgan fingerprint density at radius 2 is 2.04 bits per heavy atom. The van der Waals surface area contributed by atoms with Crippen molar-refractivity contribution in [2.75, 3.05) is 33.9 Å². The molecule has 1 aromatic heterocycles. The van der Waals surface area contributed by atoms with Gasteiger partial charge in [0.2, 0.25) is 5.88 Å². The molecule has 0 saturated carbocycles. The number of ether oxygens (including phenoxy) is 4. The van der Waals surface area contributed by atoms with Crippen LogP contribution in [0, 0.1) is 5.82 Å². The average molecular weight is 348 g/mol. The van der Waals surface area contributed by atoms with Crippen LogP contribution in [-0.4, -0.2) is 45.0 Å². The van der Waals surface area contributed by atoms with Crippen molar-refractivity contribution < 1.29 is 23.3 Å². The normalized spacial score (nSPS) is 18.4. The standard InChI is InChI=1S/C18H21FN2O4/c1-22-14-7-3-5-12(19)17(14)25-18(15-11-20-9-10-24-15)13-6-4-8-16(21-13)23-2/h3-8,15,18,20H,9-11H2,1-2H3/t15-,18?/m0/s1. The van der Waals surface area contributed by atoms with E-state index in [-0.39, 0.29) is 11.9 Å². The molecule has 7 heteroatoms. The van der Waals surface area contributed by atoms with Gasteiger partial charge in [0.25, 0.3) is 0 Å². The fourth-order valence-electron chi connectivity index (χ4n) is 2.70. The van der Waals surface area contributed by atoms with Crippen LogP contribution in [0.5, 0.6) is 17.4 Å². The molecule has 1 saturated heterocycles. The number of nitrogens with one attached hydrogen (secondary N) is 1. The Morgan fingerprint density at radius 3 is 2.76 bits per heavy atom. The third kappa shape index (κ3) is 4.00. The van der Waals surface area contributed by atoms with E-state index < -0.39 is 11.9 Å². The van der Waals surface area contributed by atoms with Gasteiger partial charge in [-0.15, -0.1) is 0 Å². The van der Waals surface area contributed by atoms with Crippen LogP contribution in [-0.2, 0) is 4.74 Å². The largest absolute Gasteiger partial charge is 0.493 e. The van der Waals surface area contributed by atoms with Gasteiger partial charge in [0.1, 0.15) is 6.10 Å². The fourth-order valence-corrected chi connectivity index (χ4v) is 2.70. The number of benzene rings is 1. The molecule has 2 heterocycles. The Morgan fingerprint density at radius 1 is 1.20 bits per heavy atom. The Balaban J connectivity index is 1.96. The quantitative estimate of drug-likeness (QED) is 0.865. The number of rotatable bonds is 6. The Bertz CT molecular complexity index is 707. The molecule has 25 heavy (non-hydrogen) atoms. The zero-order chi connectivity index (χ0) is 17.6. The fraction of sp³-hybridized carbons (Fsp3) is 0.389. The molecule has 1 N–H and O–H groups in total. The number of morpholine rings is 1. The average Bonchev–Trinajstić information content (AvgIpc) is 2.67. The van der Waals surface area contributed by atoms with E-state index in [1.54, 1.807) is 31.4 Å². The van der Waals surface area contributed by atoms with Crippen LogP contribution in [0.25, 0.3) is 0 Å². The van der Waals surface area contributed by atoms with Crippen molar-refractivity contribution in [3.8, 4) is 17.4 Å². The van der Waals surface area contributed by atoms with Crippen LogP contribution in [0.15, 0.2) is 36.4 Å². The summed E-state index contributed by atoms with van der Waals surface area (Å²) >= 11 is 0. The molecule has 2 aromatic rings. The second-order valence-corrected chi connectivity index (χ2v) is 5.53. The maximum Gasteiger partial charge on any atom is 0.213 e. The summed E-state index contributed by atoms with van der Waals surface area (Å²) in [7, 11) is 3.01. The minimum atomic E-state index is -0.617. The van der Waals surface area contributed by atoms with E-state index in [1.165, 1.54) is 13.2 Å². The van der Waals surface area contributed by atoms with Crippen molar-refractivity contribution in [2.24, 2.45) is 0 Å². The zero-order valence-electron chi connectivity index (χ0n) is 14.2. The molecule has 0 aliphatic carbocycles. The van der Waals surface area contributed by atoms with Gasteiger partial charge in [-0.1, -0.05) is 12.1 Å². The molecule has 0 bridgehead atoms. The molecule has 1 fully saturated rings. The third-order valence-electron chi connectivity index (χ3n) is 3.94. The number of hydrogen-bond acceptors (Lipinski definition) is 6. The molecule has 0 spiro atoms. The van der Waals surface area contributed by atoms with Gasteiger partial charge >= 0.3 is 0 Å². The van der Waals surface area contributed by atoms with E-state index in [1.807, 2.05) is 6.07 Å². The highest BCUT2D eigenvalue weighted by atomic mass is 19.1. The highest BCUT2D eigenvalue weighted by Gasteiger charge is 2.31. The monoisotopic (exact) mass is 348 g/mol. The second kappa shape index (κ2) is 8.13. The molecule has 1 aromatic carbocycles. The summed E-state index contributed by atoms with van der Waals surface area (Å²) in [5.74, 6) is 0.303. The van der Waals surface area contributed by atoms with Crippen molar-refractivity contribution in [1.82, 2.24) is 10.3 Å². The summed E-state index contributed by atoms with van der Waals surface area (Å²) < 4.78 is 36.6. The number of pyridine rings is 1. The van der Waals surface area contributed by atoms with Crippen molar-refractivity contribution in [3.05, 3.63) is 47.9 Å². The van der Waals surface area contributed by atoms with Gasteiger partial charge in [0.15, 0.2) is 23.4 Å². The first-order valence-corrected chi connectivity index (χ1v) is 8.05. The van der Waals surface area contributed by atoms with Crippen LogP contribution in [0.4, 0.5) is 4.39 Å². The first-order chi connectivity index (χ1) is 12.2. The molecule has 0 radical (unpaired) electrons. The van der Waals surface area contributed by atoms with E-state index in [0.29, 0.717) is 30.5 Å². The smallest absolute Gasteiger partial charge is 0.213 e. The number of nitrogens with zero attached hydrogens (tertiary/aromatic N) is 1. The van der Waals surface area contributed by atoms with E-state index in [0.717, 1.165) is 6.54 Å². The number of para-hydroxylation sites is 1. The number of hydrogen-bond donors (Lipinski definition) is 1. The van der Waals surface area contributed by atoms with Gasteiger partial charge in [-0.2, -0.15) is 0 Å². The van der Waals surface area contributed by atoms with Crippen molar-refractivity contribution in [1.29, 1.82) is 0 Å². The zero-order valence-corrected chi connectivity index (χ0v) is 14.2. The third-order valence-corrected chi connectivity index (χ3v) is 3.94. The molecule has 1 aliphatic heterocycles. The number of aromatic nitrogens is 1. The maximum absolute atomic E-state index is 14.3. The predicted molar refractivity (Wildman–Crippen MR) is 89.7 cm³/mol. The number of halogens is 1. The molecular formula is C18H21FN2O4. The molecule has 3 rings (SSSR count). The molecule has 2 atom stereocenters. The van der Waals surface area contributed by atoms with Gasteiger partial charge < -0.3 is 24.3 Å². The summed E-state index contributed by atoms with van der Waals surface area (Å²) in [4.78, 5) is 4.43. The summed E-state index contributed by atoms with van der Waals surface area (Å²) in [6, 6.07) is 9.90. The van der Waals surface area contributed by atoms with E-state index >= 15 is 0 Å². The van der Waals surface area contributed by atoms with Crippen molar-refractivity contribution in [3.63, 3.8) is 0 Å². The Labute approximate surface area is 145 Å². The molecule has 1 aliphatic rings. The summed E-state index contributed by atoms with van der Waals surface area (Å²) in [6.45, 7) is 1.88. The van der Waals surface area contributed by atoms with Crippen molar-refractivity contribution >= 4 is 0 Å². The highest BCUT2D eigenvalue weighted by molar-refractivity contribution is 5.41. The maximum atomic E-state index is 14.3. The Kier molecular flexibility index (Phi) is 5.67. The van der Waals surface area contributed by atoms with Gasteiger partial charge in [0, 0.05) is 19.2 Å². The van der Waals surface area contributed by atoms with Crippen LogP contribution in [0.1, 0.15) is 11.8 Å². The molecule has 134 valence electrons. The summed E-state index contributed by atoms with van der Waals surface area (Å²) in [5.41, 5.74) is 0.596. The predicted octanol–water partition coefficient (Wildman–Crippen LogP) is 2.35. The second-order valence-electron chi connectivity index (χ2n) is 5.53. The Hall–Kier alpha value is -2.38. The van der Waals surface area contributed by atoms with Gasteiger partial charge in [-0.25, -0.2) is 9.37 Å². The van der Waals surface area contributed by atoms with Gasteiger partial charge in [-0.05, 0) is 18.2 Å². The lowest BCUT2D eigenvalue weighted by molar-refractivity contribution is -0.0464. The van der Waals surface area contributed by atoms with Gasteiger partial charge in [0.05, 0.1) is 26.5 Å². The van der Waals surface area contributed by atoms with Crippen LogP contribution in [0.3, 0.4) is 0 Å². The van der Waals surface area contributed by atoms with Crippen LogP contribution >= 0.6 is 0 Å². The topological polar surface area (TPSA) is 61.8 Å². The lowest BCUT2D eigenvalue weighted by Gasteiger charge is -2.31. The van der Waals surface area contributed by atoms with Crippen LogP contribution < -0.4 is 19.5 Å². The van der Waals surface area contributed by atoms with Crippen LogP contribution in [0.2, 0.25) is 0 Å². The first-order valence-electron chi connectivity index (χ1n) is 8.05. The lowest BCUT2D eigenvalue weighted by atomic mass is 10.1. The minimum Gasteiger partial charge on any atom is -0.493 e. The molecule has 0 amide bonds. The van der Waals surface area contributed by atoms with E-state index in [4.69, 9.17) is 18.9 Å². The summed E-state index contributed by atoms with van der Waals surface area (Å²) in [6.07, 6.45) is -0.939. The first kappa shape index (κ1) is 17.4. The van der Waals surface area contributed by atoms with E-state index in [9.17, 15) is 4.39 Å². The highest BCUT2D eigenvalue weighted by Crippen LogP contribution is 2.35. The SMILES string of the molecule is COc1cccc(C(Oc2c(F)cccc2OC)[C@@H]2CNCCO2)n1. The summed E-state index contributed by atoms with van der Waals surface area (Å²) in [5, 5.41) is 3.25. The molecule has 1 unspecified atom stereocenters.